The summed E-state index contributed by atoms with van der Waals surface area (Å²) in [7, 11) is 0. The predicted molar refractivity (Wildman–Crippen MR) is 90.7 cm³/mol. The van der Waals surface area contributed by atoms with Crippen LogP contribution in [0.1, 0.15) is 15.9 Å². The van der Waals surface area contributed by atoms with Crippen molar-refractivity contribution in [1.29, 1.82) is 0 Å². The van der Waals surface area contributed by atoms with Gasteiger partial charge in [0, 0.05) is 23.4 Å². The number of carboxylic acids is 1. The van der Waals surface area contributed by atoms with E-state index < -0.39 is 29.4 Å². The lowest BCUT2D eigenvalue weighted by Gasteiger charge is -2.12. The molecule has 0 aliphatic heterocycles. The monoisotopic (exact) mass is 372 g/mol. The number of para-hydroxylation sites is 1. The molecule has 0 atom stereocenters. The molecule has 0 heterocycles. The quantitative estimate of drug-likeness (QED) is 0.539. The lowest BCUT2D eigenvalue weighted by atomic mass is 10.2. The van der Waals surface area contributed by atoms with Gasteiger partial charge in [0.1, 0.15) is 13.2 Å². The Hall–Kier alpha value is -3.95. The third-order valence-electron chi connectivity index (χ3n) is 3.33. The van der Waals surface area contributed by atoms with Gasteiger partial charge in [0.2, 0.25) is 5.91 Å². The number of hydrogen-bond acceptors (Lipinski definition) is 7. The number of nitrogens with zero attached hydrogens (tertiary/aromatic N) is 1. The average molecular weight is 372 g/mol. The number of hydrogen-bond donors (Lipinski definition) is 2. The first-order chi connectivity index (χ1) is 12.9. The zero-order chi connectivity index (χ0) is 19.8. The Morgan fingerprint density at radius 3 is 2.33 bits per heavy atom. The molecular formula is C17H14N3O7-. The first-order valence-corrected chi connectivity index (χ1v) is 7.61. The highest BCUT2D eigenvalue weighted by atomic mass is 16.6. The van der Waals surface area contributed by atoms with Gasteiger partial charge in [-0.25, -0.2) is 4.79 Å². The van der Waals surface area contributed by atoms with E-state index in [0.29, 0.717) is 5.56 Å². The number of aromatic carboxylic acids is 1. The minimum Gasteiger partial charge on any atom is -0.545 e. The summed E-state index contributed by atoms with van der Waals surface area (Å²) in [5.74, 6) is -2.10. The predicted octanol–water partition coefficient (Wildman–Crippen LogP) is 0.823. The molecule has 0 aliphatic rings. The zero-order valence-electron chi connectivity index (χ0n) is 13.8. The first kappa shape index (κ1) is 19.4. The fourth-order valence-corrected chi connectivity index (χ4v) is 2.03. The third kappa shape index (κ3) is 5.81. The molecule has 2 aromatic carbocycles. The highest BCUT2D eigenvalue weighted by Gasteiger charge is 2.10. The third-order valence-corrected chi connectivity index (χ3v) is 3.33. The van der Waals surface area contributed by atoms with Crippen LogP contribution in [-0.4, -0.2) is 29.4 Å². The van der Waals surface area contributed by atoms with Gasteiger partial charge in [-0.1, -0.05) is 18.2 Å². The summed E-state index contributed by atoms with van der Waals surface area (Å²) in [6.07, 6.45) is -0.878. The molecule has 0 saturated heterocycles. The molecular weight excluding hydrogens is 358 g/mol. The van der Waals surface area contributed by atoms with E-state index >= 15 is 0 Å². The maximum atomic E-state index is 11.8. The van der Waals surface area contributed by atoms with Crippen molar-refractivity contribution in [2.75, 3.05) is 11.9 Å². The standard InChI is InChI=1S/C17H15N3O7/c21-15(19-14-4-2-1-3-13(14)16(22)23)9-18-17(24)27-10-11-5-7-12(8-6-11)20(25)26/h1-8H,9-10H2,(H,18,24)(H,19,21)(H,22,23)/p-1. The molecule has 0 aliphatic carbocycles. The van der Waals surface area contributed by atoms with E-state index in [0.717, 1.165) is 0 Å². The van der Waals surface area contributed by atoms with Crippen LogP contribution in [0.2, 0.25) is 0 Å². The summed E-state index contributed by atoms with van der Waals surface area (Å²) in [5.41, 5.74) is 0.301. The number of carboxylic acid groups (broad SMARTS) is 1. The first-order valence-electron chi connectivity index (χ1n) is 7.61. The van der Waals surface area contributed by atoms with Crippen molar-refractivity contribution in [3.63, 3.8) is 0 Å². The van der Waals surface area contributed by atoms with Crippen molar-refractivity contribution in [3.8, 4) is 0 Å². The van der Waals surface area contributed by atoms with Gasteiger partial charge in [-0.2, -0.15) is 0 Å². The molecule has 140 valence electrons. The largest absolute Gasteiger partial charge is 0.545 e. The van der Waals surface area contributed by atoms with Crippen LogP contribution in [0.5, 0.6) is 0 Å². The van der Waals surface area contributed by atoms with Gasteiger partial charge in [0.05, 0.1) is 10.9 Å². The van der Waals surface area contributed by atoms with Gasteiger partial charge in [0.15, 0.2) is 0 Å². The van der Waals surface area contributed by atoms with E-state index in [4.69, 9.17) is 4.74 Å². The van der Waals surface area contributed by atoms with Crippen molar-refractivity contribution in [3.05, 3.63) is 69.8 Å². The number of amides is 2. The van der Waals surface area contributed by atoms with E-state index in [-0.39, 0.29) is 23.5 Å². The van der Waals surface area contributed by atoms with Crippen LogP contribution in [0.4, 0.5) is 16.2 Å². The highest BCUT2D eigenvalue weighted by molar-refractivity contribution is 6.00. The summed E-state index contributed by atoms with van der Waals surface area (Å²) >= 11 is 0. The Balaban J connectivity index is 1.79. The minimum absolute atomic E-state index is 0.0450. The summed E-state index contributed by atoms with van der Waals surface area (Å²) in [6, 6.07) is 11.1. The van der Waals surface area contributed by atoms with Crippen LogP contribution in [0, 0.1) is 10.1 Å². The summed E-state index contributed by atoms with van der Waals surface area (Å²) in [4.78, 5) is 44.4. The van der Waals surface area contributed by atoms with Crippen molar-refractivity contribution in [2.24, 2.45) is 0 Å². The molecule has 2 rings (SSSR count). The molecule has 2 aromatic rings. The second-order valence-electron chi connectivity index (χ2n) is 5.23. The maximum absolute atomic E-state index is 11.8. The second-order valence-corrected chi connectivity index (χ2v) is 5.23. The molecule has 0 aromatic heterocycles. The molecule has 0 unspecified atom stereocenters. The summed E-state index contributed by atoms with van der Waals surface area (Å²) in [5, 5.41) is 26.1. The highest BCUT2D eigenvalue weighted by Crippen LogP contribution is 2.14. The lowest BCUT2D eigenvalue weighted by molar-refractivity contribution is -0.384. The number of nitro groups is 1. The van der Waals surface area contributed by atoms with Crippen molar-refractivity contribution in [2.45, 2.75) is 6.61 Å². The molecule has 2 amide bonds. The average Bonchev–Trinajstić information content (AvgIpc) is 2.65. The van der Waals surface area contributed by atoms with Crippen LogP contribution >= 0.6 is 0 Å². The lowest BCUT2D eigenvalue weighted by Crippen LogP contribution is -2.34. The molecule has 10 heteroatoms. The molecule has 27 heavy (non-hydrogen) atoms. The number of carbonyl (C=O) groups excluding carboxylic acids is 3. The number of non-ortho nitro benzene ring substituents is 1. The molecule has 0 radical (unpaired) electrons. The molecule has 0 spiro atoms. The van der Waals surface area contributed by atoms with E-state index in [1.807, 2.05) is 0 Å². The Morgan fingerprint density at radius 1 is 1.04 bits per heavy atom. The van der Waals surface area contributed by atoms with Crippen LogP contribution < -0.4 is 15.7 Å². The summed E-state index contributed by atoms with van der Waals surface area (Å²) in [6.45, 7) is -0.584. The van der Waals surface area contributed by atoms with Crippen LogP contribution in [0.15, 0.2) is 48.5 Å². The fourth-order valence-electron chi connectivity index (χ4n) is 2.03. The van der Waals surface area contributed by atoms with E-state index in [1.54, 1.807) is 0 Å². The number of ether oxygens (including phenoxy) is 1. The van der Waals surface area contributed by atoms with Crippen molar-refractivity contribution in [1.82, 2.24) is 5.32 Å². The SMILES string of the molecule is O=C(CNC(=O)OCc1ccc([N+](=O)[O-])cc1)Nc1ccccc1C(=O)[O-]. The van der Waals surface area contributed by atoms with E-state index in [1.165, 1.54) is 48.5 Å². The topological polar surface area (TPSA) is 151 Å². The fraction of sp³-hybridized carbons (Fsp3) is 0.118. The number of benzene rings is 2. The van der Waals surface area contributed by atoms with Gasteiger partial charge in [-0.05, 0) is 23.8 Å². The minimum atomic E-state index is -1.44. The van der Waals surface area contributed by atoms with E-state index in [2.05, 4.69) is 10.6 Å². The van der Waals surface area contributed by atoms with Crippen molar-refractivity contribution < 1.29 is 29.2 Å². The van der Waals surface area contributed by atoms with Crippen molar-refractivity contribution >= 4 is 29.3 Å². The Morgan fingerprint density at radius 2 is 1.70 bits per heavy atom. The number of anilines is 1. The Bertz CT molecular complexity index is 865. The smallest absolute Gasteiger partial charge is 0.407 e. The number of carbonyl (C=O) groups is 3. The molecule has 0 saturated carbocycles. The summed E-state index contributed by atoms with van der Waals surface area (Å²) < 4.78 is 4.89. The van der Waals surface area contributed by atoms with Crippen LogP contribution in [0.3, 0.4) is 0 Å². The van der Waals surface area contributed by atoms with Crippen LogP contribution in [-0.2, 0) is 16.1 Å². The molecule has 2 N–H and O–H groups in total. The van der Waals surface area contributed by atoms with Gasteiger partial charge >= 0.3 is 6.09 Å². The second kappa shape index (κ2) is 8.94. The number of rotatable bonds is 7. The molecule has 0 fully saturated rings. The Labute approximate surface area is 152 Å². The van der Waals surface area contributed by atoms with E-state index in [9.17, 15) is 29.6 Å². The maximum Gasteiger partial charge on any atom is 0.407 e. The van der Waals surface area contributed by atoms with Crippen LogP contribution in [0.25, 0.3) is 0 Å². The molecule has 0 bridgehead atoms. The van der Waals surface area contributed by atoms with Gasteiger partial charge < -0.3 is 25.3 Å². The van der Waals surface area contributed by atoms with Gasteiger partial charge in [-0.15, -0.1) is 0 Å². The number of alkyl carbamates (subject to hydrolysis) is 1. The molecule has 10 nitrogen and oxygen atoms in total. The van der Waals surface area contributed by atoms with Gasteiger partial charge in [-0.3, -0.25) is 14.9 Å². The zero-order valence-corrected chi connectivity index (χ0v) is 13.8. The van der Waals surface area contributed by atoms with Gasteiger partial charge in [0.25, 0.3) is 5.69 Å². The normalized spacial score (nSPS) is 9.93. The number of nitrogens with one attached hydrogen (secondary N) is 2. The Kier molecular flexibility index (Phi) is 6.42. The number of nitro benzene ring substituents is 1.